The molecule has 2 nitrogen and oxygen atoms in total. The van der Waals surface area contributed by atoms with Crippen molar-refractivity contribution in [3.05, 3.63) is 12.2 Å². The maximum Gasteiger partial charge on any atom is 0.0726 e. The zero-order valence-electron chi connectivity index (χ0n) is 11.8. The van der Waals surface area contributed by atoms with E-state index in [1.54, 1.807) is 0 Å². The normalized spacial score (nSPS) is 19.5. The molecule has 1 heterocycles. The summed E-state index contributed by atoms with van der Waals surface area (Å²) in [6.45, 7) is 12.7. The lowest BCUT2D eigenvalue weighted by Gasteiger charge is -2.44. The summed E-state index contributed by atoms with van der Waals surface area (Å²) < 4.78 is 0. The zero-order valence-corrected chi connectivity index (χ0v) is 11.8. The van der Waals surface area contributed by atoms with Gasteiger partial charge in [0.2, 0.25) is 0 Å². The minimum Gasteiger partial charge on any atom is -0.391 e. The Morgan fingerprint density at radius 3 is 2.24 bits per heavy atom. The van der Waals surface area contributed by atoms with Crippen LogP contribution >= 0.6 is 0 Å². The van der Waals surface area contributed by atoms with Gasteiger partial charge in [-0.25, -0.2) is 0 Å². The summed E-state index contributed by atoms with van der Waals surface area (Å²) >= 11 is 0. The molecule has 0 aromatic rings. The van der Waals surface area contributed by atoms with E-state index in [0.717, 1.165) is 38.8 Å². The molecule has 0 aliphatic carbocycles. The second-order valence-corrected chi connectivity index (χ2v) is 5.52. The first-order chi connectivity index (χ1) is 8.06. The maximum absolute atomic E-state index is 10.6. The molecule has 0 aromatic heterocycles. The molecule has 1 fully saturated rings. The molecular weight excluding hydrogens is 210 g/mol. The van der Waals surface area contributed by atoms with Crippen LogP contribution in [0, 0.1) is 0 Å². The second-order valence-electron chi connectivity index (χ2n) is 5.52. The third kappa shape index (κ3) is 3.32. The Hall–Kier alpha value is -0.340. The molecule has 1 aliphatic heterocycles. The maximum atomic E-state index is 10.6. The summed E-state index contributed by atoms with van der Waals surface area (Å²) in [4.78, 5) is 2.52. The summed E-state index contributed by atoms with van der Waals surface area (Å²) in [5.74, 6) is 0. The molecular formula is C15H29NO. The van der Waals surface area contributed by atoms with E-state index in [2.05, 4.69) is 25.3 Å². The number of aliphatic hydroxyl groups excluding tert-OH is 1. The molecule has 0 bridgehead atoms. The third-order valence-electron chi connectivity index (χ3n) is 4.43. The second kappa shape index (κ2) is 6.55. The molecule has 1 rings (SSSR count). The van der Waals surface area contributed by atoms with Crippen LogP contribution in [0.5, 0.6) is 0 Å². The average Bonchev–Trinajstić information content (AvgIpc) is 2.83. The van der Waals surface area contributed by atoms with Gasteiger partial charge in [-0.15, -0.1) is 6.58 Å². The van der Waals surface area contributed by atoms with E-state index in [0.29, 0.717) is 0 Å². The number of hydrogen-bond donors (Lipinski definition) is 1. The van der Waals surface area contributed by atoms with Crippen LogP contribution in [-0.4, -0.2) is 34.7 Å². The molecule has 1 aliphatic rings. The number of rotatable bonds is 7. The van der Waals surface area contributed by atoms with Gasteiger partial charge in [0, 0.05) is 5.54 Å². The number of likely N-dealkylation sites (tertiary alicyclic amines) is 1. The van der Waals surface area contributed by atoms with Crippen LogP contribution in [0.15, 0.2) is 12.2 Å². The highest BCUT2D eigenvalue weighted by Gasteiger charge is 2.40. The van der Waals surface area contributed by atoms with E-state index in [9.17, 15) is 5.11 Å². The van der Waals surface area contributed by atoms with Crippen LogP contribution in [0.3, 0.4) is 0 Å². The Kier molecular flexibility index (Phi) is 5.68. The van der Waals surface area contributed by atoms with Gasteiger partial charge in [0.25, 0.3) is 0 Å². The van der Waals surface area contributed by atoms with Crippen molar-refractivity contribution in [3.63, 3.8) is 0 Å². The summed E-state index contributed by atoms with van der Waals surface area (Å²) in [6, 6.07) is 0. The van der Waals surface area contributed by atoms with Crippen LogP contribution in [0.25, 0.3) is 0 Å². The van der Waals surface area contributed by atoms with Gasteiger partial charge >= 0.3 is 0 Å². The van der Waals surface area contributed by atoms with Gasteiger partial charge in [-0.1, -0.05) is 19.4 Å². The molecule has 100 valence electrons. The molecule has 1 saturated heterocycles. The van der Waals surface area contributed by atoms with Gasteiger partial charge in [-0.05, 0) is 58.5 Å². The predicted molar refractivity (Wildman–Crippen MR) is 74.2 cm³/mol. The summed E-state index contributed by atoms with van der Waals surface area (Å²) in [5.41, 5.74) is 1.18. The van der Waals surface area contributed by atoms with Gasteiger partial charge in [-0.2, -0.15) is 0 Å². The van der Waals surface area contributed by atoms with Crippen molar-refractivity contribution in [2.24, 2.45) is 0 Å². The van der Waals surface area contributed by atoms with E-state index in [-0.39, 0.29) is 11.6 Å². The monoisotopic (exact) mass is 239 g/mol. The van der Waals surface area contributed by atoms with Gasteiger partial charge in [0.05, 0.1) is 6.10 Å². The van der Waals surface area contributed by atoms with Crippen LogP contribution in [0.4, 0.5) is 0 Å². The fraction of sp³-hybridized carbons (Fsp3) is 0.867. The molecule has 0 amide bonds. The molecule has 1 unspecified atom stereocenters. The molecule has 17 heavy (non-hydrogen) atoms. The van der Waals surface area contributed by atoms with Crippen molar-refractivity contribution in [1.82, 2.24) is 4.90 Å². The first kappa shape index (κ1) is 14.7. The Morgan fingerprint density at radius 2 is 1.82 bits per heavy atom. The summed E-state index contributed by atoms with van der Waals surface area (Å²) in [5, 5.41) is 10.6. The first-order valence-corrected chi connectivity index (χ1v) is 7.14. The SMILES string of the molecule is C=C(C)CCC(O)C(CC)(CC)N1CCCC1. The van der Waals surface area contributed by atoms with E-state index < -0.39 is 0 Å². The van der Waals surface area contributed by atoms with E-state index in [4.69, 9.17) is 0 Å². The fourth-order valence-electron chi connectivity index (χ4n) is 3.19. The van der Waals surface area contributed by atoms with Crippen molar-refractivity contribution in [1.29, 1.82) is 0 Å². The molecule has 0 radical (unpaired) electrons. The highest BCUT2D eigenvalue weighted by Crippen LogP contribution is 2.33. The lowest BCUT2D eigenvalue weighted by atomic mass is 9.82. The smallest absolute Gasteiger partial charge is 0.0726 e. The highest BCUT2D eigenvalue weighted by molar-refractivity contribution is 4.99. The van der Waals surface area contributed by atoms with Crippen LogP contribution < -0.4 is 0 Å². The largest absolute Gasteiger partial charge is 0.391 e. The van der Waals surface area contributed by atoms with Crippen LogP contribution in [0.2, 0.25) is 0 Å². The van der Waals surface area contributed by atoms with Gasteiger partial charge < -0.3 is 5.11 Å². The molecule has 0 saturated carbocycles. The minimum atomic E-state index is -0.215. The Labute approximate surface area is 107 Å². The van der Waals surface area contributed by atoms with Crippen molar-refractivity contribution < 1.29 is 5.11 Å². The molecule has 2 heteroatoms. The first-order valence-electron chi connectivity index (χ1n) is 7.14. The fourth-order valence-corrected chi connectivity index (χ4v) is 3.19. The van der Waals surface area contributed by atoms with Gasteiger partial charge in [0.15, 0.2) is 0 Å². The predicted octanol–water partition coefficient (Wildman–Crippen LogP) is 3.36. The molecule has 1 atom stereocenters. The topological polar surface area (TPSA) is 23.5 Å². The van der Waals surface area contributed by atoms with Crippen molar-refractivity contribution in [3.8, 4) is 0 Å². The van der Waals surface area contributed by atoms with E-state index >= 15 is 0 Å². The van der Waals surface area contributed by atoms with Crippen LogP contribution in [0.1, 0.15) is 59.3 Å². The number of nitrogens with zero attached hydrogens (tertiary/aromatic N) is 1. The zero-order chi connectivity index (χ0) is 12.9. The minimum absolute atomic E-state index is 0.00590. The Balaban J connectivity index is 2.70. The van der Waals surface area contributed by atoms with Gasteiger partial charge in [0.1, 0.15) is 0 Å². The highest BCUT2D eigenvalue weighted by atomic mass is 16.3. The Morgan fingerprint density at radius 1 is 1.29 bits per heavy atom. The quantitative estimate of drug-likeness (QED) is 0.689. The summed E-state index contributed by atoms with van der Waals surface area (Å²) in [6.07, 6.45) is 6.24. The third-order valence-corrected chi connectivity index (χ3v) is 4.43. The van der Waals surface area contributed by atoms with Crippen molar-refractivity contribution in [2.75, 3.05) is 13.1 Å². The van der Waals surface area contributed by atoms with Crippen molar-refractivity contribution >= 4 is 0 Å². The number of aliphatic hydroxyl groups is 1. The van der Waals surface area contributed by atoms with E-state index in [1.807, 2.05) is 6.92 Å². The molecule has 0 aromatic carbocycles. The van der Waals surface area contributed by atoms with Gasteiger partial charge in [-0.3, -0.25) is 4.90 Å². The lowest BCUT2D eigenvalue weighted by molar-refractivity contribution is -0.0313. The lowest BCUT2D eigenvalue weighted by Crippen LogP contribution is -2.55. The average molecular weight is 239 g/mol. The standard InChI is InChI=1S/C15H29NO/c1-5-15(6-2,16-11-7-8-12-16)14(17)10-9-13(3)4/h14,17H,3,5-12H2,1-2,4H3. The number of allylic oxidation sites excluding steroid dienone is 1. The molecule has 0 spiro atoms. The summed E-state index contributed by atoms with van der Waals surface area (Å²) in [7, 11) is 0. The number of hydrogen-bond acceptors (Lipinski definition) is 2. The molecule has 1 N–H and O–H groups in total. The van der Waals surface area contributed by atoms with Crippen molar-refractivity contribution in [2.45, 2.75) is 70.9 Å². The van der Waals surface area contributed by atoms with E-state index in [1.165, 1.54) is 18.4 Å². The Bertz CT molecular complexity index is 239. The van der Waals surface area contributed by atoms with Crippen LogP contribution in [-0.2, 0) is 0 Å².